The zero-order valence-corrected chi connectivity index (χ0v) is 18.2. The van der Waals surface area contributed by atoms with Crippen LogP contribution >= 0.6 is 0 Å². The number of nitrogens with one attached hydrogen (secondary N) is 2. The van der Waals surface area contributed by atoms with E-state index in [0.29, 0.717) is 16.8 Å². The van der Waals surface area contributed by atoms with Crippen LogP contribution in [0.15, 0.2) is 60.9 Å². The molecule has 0 fully saturated rings. The van der Waals surface area contributed by atoms with Crippen LogP contribution in [-0.2, 0) is 9.59 Å². The first kappa shape index (κ1) is 24.2. The van der Waals surface area contributed by atoms with Crippen LogP contribution < -0.4 is 5.32 Å². The number of nitrogens with zero attached hydrogens (tertiary/aromatic N) is 2. The predicted molar refractivity (Wildman–Crippen MR) is 128 cm³/mol. The maximum Gasteiger partial charge on any atom is 0.490 e. The van der Waals surface area contributed by atoms with Gasteiger partial charge in [-0.05, 0) is 65.7 Å². The summed E-state index contributed by atoms with van der Waals surface area (Å²) >= 11 is 0. The topological polar surface area (TPSA) is 128 Å². The summed E-state index contributed by atoms with van der Waals surface area (Å²) in [6, 6.07) is 14.6. The second-order valence-corrected chi connectivity index (χ2v) is 7.57. The second kappa shape index (κ2) is 9.74. The van der Waals surface area contributed by atoms with Crippen molar-refractivity contribution in [3.05, 3.63) is 83.3 Å². The Bertz CT molecular complexity index is 1510. The SMILES string of the molecule is O=C(O)C(F)(F)F.O=C1Nc2ccc(O)cc2/C1=C\c1ccc2c(/C=C/c3ccncc3)n[nH]c2c1. The number of benzene rings is 2. The number of phenols is 1. The van der Waals surface area contributed by atoms with Gasteiger partial charge in [0.2, 0.25) is 0 Å². The number of H-pyrrole nitrogens is 1. The van der Waals surface area contributed by atoms with E-state index in [-0.39, 0.29) is 11.7 Å². The van der Waals surface area contributed by atoms with Crippen molar-refractivity contribution in [2.24, 2.45) is 0 Å². The number of carbonyl (C=O) groups is 2. The minimum absolute atomic E-state index is 0.126. The van der Waals surface area contributed by atoms with E-state index >= 15 is 0 Å². The van der Waals surface area contributed by atoms with Crippen LogP contribution in [0, 0.1) is 0 Å². The van der Waals surface area contributed by atoms with E-state index in [4.69, 9.17) is 9.90 Å². The van der Waals surface area contributed by atoms with Crippen LogP contribution in [0.2, 0.25) is 0 Å². The molecule has 0 aliphatic carbocycles. The summed E-state index contributed by atoms with van der Waals surface area (Å²) in [5.74, 6) is -2.82. The van der Waals surface area contributed by atoms with Gasteiger partial charge in [0.25, 0.3) is 5.91 Å². The van der Waals surface area contributed by atoms with Crippen molar-refractivity contribution in [3.8, 4) is 5.75 Å². The number of pyridine rings is 1. The normalized spacial score (nSPS) is 14.0. The fourth-order valence-electron chi connectivity index (χ4n) is 3.41. The Morgan fingerprint density at radius 2 is 1.69 bits per heavy atom. The summed E-state index contributed by atoms with van der Waals surface area (Å²) < 4.78 is 31.7. The van der Waals surface area contributed by atoms with Gasteiger partial charge in [-0.15, -0.1) is 0 Å². The minimum atomic E-state index is -5.08. The van der Waals surface area contributed by atoms with E-state index in [1.165, 1.54) is 0 Å². The minimum Gasteiger partial charge on any atom is -0.508 e. The number of aromatic nitrogens is 3. The third kappa shape index (κ3) is 5.41. The van der Waals surface area contributed by atoms with E-state index in [1.54, 1.807) is 30.6 Å². The highest BCUT2D eigenvalue weighted by Gasteiger charge is 2.38. The summed E-state index contributed by atoms with van der Waals surface area (Å²) in [5, 5.41) is 28.1. The number of carboxylic acids is 1. The molecule has 8 nitrogen and oxygen atoms in total. The van der Waals surface area contributed by atoms with E-state index in [0.717, 1.165) is 27.7 Å². The Labute approximate surface area is 201 Å². The molecule has 3 heterocycles. The number of aromatic amines is 1. The lowest BCUT2D eigenvalue weighted by Gasteiger charge is -2.00. The van der Waals surface area contributed by atoms with Gasteiger partial charge < -0.3 is 15.5 Å². The Balaban J connectivity index is 0.000000384. The van der Waals surface area contributed by atoms with Gasteiger partial charge in [0.15, 0.2) is 0 Å². The Hall–Kier alpha value is -4.93. The number of alkyl halides is 3. The van der Waals surface area contributed by atoms with Gasteiger partial charge >= 0.3 is 12.1 Å². The first-order valence-electron chi connectivity index (χ1n) is 10.3. The molecule has 2 aromatic carbocycles. The van der Waals surface area contributed by atoms with Gasteiger partial charge in [-0.2, -0.15) is 18.3 Å². The van der Waals surface area contributed by atoms with E-state index in [9.17, 15) is 23.1 Å². The smallest absolute Gasteiger partial charge is 0.490 e. The summed E-state index contributed by atoms with van der Waals surface area (Å²) in [6.45, 7) is 0. The second-order valence-electron chi connectivity index (χ2n) is 7.57. The Morgan fingerprint density at radius 3 is 2.39 bits per heavy atom. The maximum atomic E-state index is 12.3. The number of aromatic hydroxyl groups is 1. The third-order valence-electron chi connectivity index (χ3n) is 5.10. The molecule has 4 aromatic rings. The number of carboxylic acid groups (broad SMARTS) is 1. The van der Waals surface area contributed by atoms with Crippen LogP contribution in [-0.4, -0.2) is 43.4 Å². The van der Waals surface area contributed by atoms with E-state index < -0.39 is 12.1 Å². The van der Waals surface area contributed by atoms with Crippen LogP contribution in [0.25, 0.3) is 34.7 Å². The molecule has 0 atom stereocenters. The number of carbonyl (C=O) groups excluding carboxylic acids is 1. The monoisotopic (exact) mass is 494 g/mol. The number of halogens is 3. The summed E-state index contributed by atoms with van der Waals surface area (Å²) in [4.78, 5) is 25.2. The first-order chi connectivity index (χ1) is 17.1. The number of hydrogen-bond donors (Lipinski definition) is 4. The fourth-order valence-corrected chi connectivity index (χ4v) is 3.41. The molecule has 182 valence electrons. The number of amides is 1. The molecule has 4 N–H and O–H groups in total. The highest BCUT2D eigenvalue weighted by atomic mass is 19.4. The molecule has 36 heavy (non-hydrogen) atoms. The van der Waals surface area contributed by atoms with Crippen LogP contribution in [0.4, 0.5) is 18.9 Å². The number of fused-ring (bicyclic) bond motifs is 2. The van der Waals surface area contributed by atoms with Crippen molar-refractivity contribution in [1.29, 1.82) is 0 Å². The highest BCUT2D eigenvalue weighted by molar-refractivity contribution is 6.35. The standard InChI is InChI=1S/C23H16N4O2.C2HF3O2/c28-16-3-6-20-18(13-16)19(23(29)25-20)11-15-1-4-17-21(26-27-22(17)12-15)5-2-14-7-9-24-10-8-14;3-2(4,5)1(6)7/h1-13,28H,(H,25,29)(H,26,27);(H,6,7)/b5-2+,19-11+;. The molecule has 1 amide bonds. The molecule has 1 aliphatic heterocycles. The largest absolute Gasteiger partial charge is 0.508 e. The molecule has 0 radical (unpaired) electrons. The maximum absolute atomic E-state index is 12.3. The molecule has 0 unspecified atom stereocenters. The molecule has 0 saturated carbocycles. The number of anilines is 1. The van der Waals surface area contributed by atoms with Crippen LogP contribution in [0.1, 0.15) is 22.4 Å². The molecule has 11 heteroatoms. The number of hydrogen-bond acceptors (Lipinski definition) is 5. The molecule has 1 aliphatic rings. The summed E-state index contributed by atoms with van der Waals surface area (Å²) in [6.07, 6.45) is 4.17. The zero-order chi connectivity index (χ0) is 25.9. The number of rotatable bonds is 3. The molecule has 2 aromatic heterocycles. The Morgan fingerprint density at radius 1 is 0.972 bits per heavy atom. The van der Waals surface area contributed by atoms with Crippen molar-refractivity contribution in [3.63, 3.8) is 0 Å². The Kier molecular flexibility index (Phi) is 6.55. The van der Waals surface area contributed by atoms with Gasteiger partial charge in [-0.3, -0.25) is 14.9 Å². The predicted octanol–water partition coefficient (Wildman–Crippen LogP) is 4.96. The number of phenolic OH excluding ortho intramolecular Hbond substituents is 1. The molecule has 0 saturated heterocycles. The van der Waals surface area contributed by atoms with Crippen LogP contribution in [0.5, 0.6) is 5.75 Å². The van der Waals surface area contributed by atoms with Crippen molar-refractivity contribution in [2.75, 3.05) is 5.32 Å². The van der Waals surface area contributed by atoms with Crippen molar-refractivity contribution in [2.45, 2.75) is 6.18 Å². The molecular weight excluding hydrogens is 477 g/mol. The molecule has 5 rings (SSSR count). The lowest BCUT2D eigenvalue weighted by atomic mass is 10.0. The zero-order valence-electron chi connectivity index (χ0n) is 18.2. The van der Waals surface area contributed by atoms with Crippen LogP contribution in [0.3, 0.4) is 0 Å². The van der Waals surface area contributed by atoms with Crippen molar-refractivity contribution < 1.29 is 33.0 Å². The lowest BCUT2D eigenvalue weighted by molar-refractivity contribution is -0.192. The molecule has 0 spiro atoms. The van der Waals surface area contributed by atoms with Gasteiger partial charge in [-0.1, -0.05) is 12.1 Å². The average molecular weight is 494 g/mol. The molecular formula is C25H17F3N4O4. The van der Waals surface area contributed by atoms with Crippen molar-refractivity contribution in [1.82, 2.24) is 15.2 Å². The van der Waals surface area contributed by atoms with Gasteiger partial charge in [0.05, 0.1) is 11.2 Å². The highest BCUT2D eigenvalue weighted by Crippen LogP contribution is 2.35. The number of aliphatic carboxylic acids is 1. The summed E-state index contributed by atoms with van der Waals surface area (Å²) in [5.41, 5.74) is 5.55. The first-order valence-corrected chi connectivity index (χ1v) is 10.3. The van der Waals surface area contributed by atoms with Crippen molar-refractivity contribution >= 4 is 52.3 Å². The summed E-state index contributed by atoms with van der Waals surface area (Å²) in [7, 11) is 0. The fraction of sp³-hybridized carbons (Fsp3) is 0.0400. The van der Waals surface area contributed by atoms with E-state index in [1.807, 2.05) is 48.6 Å². The third-order valence-corrected chi connectivity index (χ3v) is 5.10. The van der Waals surface area contributed by atoms with E-state index in [2.05, 4.69) is 20.5 Å². The quantitative estimate of drug-likeness (QED) is 0.235. The lowest BCUT2D eigenvalue weighted by Crippen LogP contribution is -2.21. The molecule has 0 bridgehead atoms. The average Bonchev–Trinajstić information content (AvgIpc) is 3.38. The van der Waals surface area contributed by atoms with Gasteiger partial charge in [0.1, 0.15) is 5.75 Å². The van der Waals surface area contributed by atoms with Gasteiger partial charge in [-0.25, -0.2) is 4.79 Å². The van der Waals surface area contributed by atoms with Gasteiger partial charge in [0, 0.05) is 34.6 Å².